The predicted octanol–water partition coefficient (Wildman–Crippen LogP) is 2.36. The third kappa shape index (κ3) is 3.12. The van der Waals surface area contributed by atoms with Crippen molar-refractivity contribution >= 4 is 17.4 Å². The van der Waals surface area contributed by atoms with Crippen LogP contribution in [0.3, 0.4) is 0 Å². The fourth-order valence-electron chi connectivity index (χ4n) is 1.71. The lowest BCUT2D eigenvalue weighted by Crippen LogP contribution is -2.41. The van der Waals surface area contributed by atoms with E-state index in [9.17, 15) is 4.79 Å². The highest BCUT2D eigenvalue weighted by Crippen LogP contribution is 2.21. The lowest BCUT2D eigenvalue weighted by atomic mass is 10.2. The first-order valence-electron chi connectivity index (χ1n) is 6.14. The summed E-state index contributed by atoms with van der Waals surface area (Å²) in [4.78, 5) is 13.8. The second-order valence-electron chi connectivity index (χ2n) is 4.47. The van der Waals surface area contributed by atoms with E-state index >= 15 is 0 Å². The monoisotopic (exact) mass is 233 g/mol. The molecule has 0 aromatic heterocycles. The van der Waals surface area contributed by atoms with E-state index in [1.807, 2.05) is 24.3 Å². The fourth-order valence-corrected chi connectivity index (χ4v) is 1.71. The van der Waals surface area contributed by atoms with Crippen LogP contribution in [0.5, 0.6) is 0 Å². The van der Waals surface area contributed by atoms with Crippen LogP contribution in [0.15, 0.2) is 24.3 Å². The summed E-state index contributed by atoms with van der Waals surface area (Å²) in [7, 11) is 0. The molecule has 2 amide bonds. The van der Waals surface area contributed by atoms with Gasteiger partial charge >= 0.3 is 6.03 Å². The van der Waals surface area contributed by atoms with E-state index in [-0.39, 0.29) is 6.03 Å². The summed E-state index contributed by atoms with van der Waals surface area (Å²) < 4.78 is 0. The average Bonchev–Trinajstić information content (AvgIpc) is 3.11. The highest BCUT2D eigenvalue weighted by atomic mass is 16.2. The molecule has 0 saturated heterocycles. The molecule has 0 heterocycles. The zero-order valence-corrected chi connectivity index (χ0v) is 10.1. The van der Waals surface area contributed by atoms with Crippen LogP contribution in [0, 0.1) is 0 Å². The van der Waals surface area contributed by atoms with Crippen LogP contribution in [-0.4, -0.2) is 18.6 Å². The molecule has 1 fully saturated rings. The largest absolute Gasteiger partial charge is 0.399 e. The summed E-state index contributed by atoms with van der Waals surface area (Å²) in [6, 6.07) is 7.80. The van der Waals surface area contributed by atoms with Crippen molar-refractivity contribution in [1.82, 2.24) is 5.32 Å². The van der Waals surface area contributed by atoms with E-state index in [0.717, 1.165) is 31.5 Å². The number of carbonyl (C=O) groups is 1. The van der Waals surface area contributed by atoms with Gasteiger partial charge in [0.25, 0.3) is 0 Å². The number of nitrogens with one attached hydrogen (secondary N) is 1. The molecule has 0 bridgehead atoms. The third-order valence-corrected chi connectivity index (χ3v) is 2.80. The van der Waals surface area contributed by atoms with Gasteiger partial charge in [0.1, 0.15) is 0 Å². The van der Waals surface area contributed by atoms with E-state index in [4.69, 9.17) is 5.73 Å². The zero-order valence-electron chi connectivity index (χ0n) is 10.1. The topological polar surface area (TPSA) is 58.4 Å². The second kappa shape index (κ2) is 5.08. The lowest BCUT2D eigenvalue weighted by molar-refractivity contribution is 0.246. The molecule has 92 valence electrons. The van der Waals surface area contributed by atoms with Gasteiger partial charge in [-0.3, -0.25) is 4.90 Å². The molecule has 1 aromatic carbocycles. The van der Waals surface area contributed by atoms with Crippen LogP contribution in [0.2, 0.25) is 0 Å². The summed E-state index contributed by atoms with van der Waals surface area (Å²) in [5, 5.41) is 3.01. The Labute approximate surface area is 102 Å². The third-order valence-electron chi connectivity index (χ3n) is 2.80. The molecule has 3 N–H and O–H groups in total. The van der Waals surface area contributed by atoms with Crippen molar-refractivity contribution < 1.29 is 4.79 Å². The van der Waals surface area contributed by atoms with Gasteiger partial charge in [0.05, 0.1) is 0 Å². The molecule has 1 aliphatic rings. The van der Waals surface area contributed by atoms with Crippen LogP contribution in [0.4, 0.5) is 16.2 Å². The highest BCUT2D eigenvalue weighted by Gasteiger charge is 2.26. The van der Waals surface area contributed by atoms with Crippen molar-refractivity contribution in [3.05, 3.63) is 24.3 Å². The molecule has 1 aliphatic carbocycles. The number of nitrogens with zero attached hydrogens (tertiary/aromatic N) is 1. The van der Waals surface area contributed by atoms with Gasteiger partial charge in [-0.15, -0.1) is 0 Å². The summed E-state index contributed by atoms with van der Waals surface area (Å²) >= 11 is 0. The highest BCUT2D eigenvalue weighted by molar-refractivity contribution is 5.92. The van der Waals surface area contributed by atoms with Crippen LogP contribution >= 0.6 is 0 Å². The Morgan fingerprint density at radius 2 is 2.06 bits per heavy atom. The molecule has 1 aromatic rings. The van der Waals surface area contributed by atoms with E-state index in [2.05, 4.69) is 12.2 Å². The molecule has 4 nitrogen and oxygen atoms in total. The van der Waals surface area contributed by atoms with E-state index < -0.39 is 0 Å². The number of benzene rings is 1. The molecule has 0 unspecified atom stereocenters. The maximum Gasteiger partial charge on any atom is 0.322 e. The average molecular weight is 233 g/mol. The number of urea groups is 1. The molecule has 4 heteroatoms. The van der Waals surface area contributed by atoms with Crippen molar-refractivity contribution in [3.8, 4) is 0 Å². The maximum atomic E-state index is 12.1. The quantitative estimate of drug-likeness (QED) is 0.784. The SMILES string of the molecule is CCCN(C(=O)NC1CC1)c1ccc(N)cc1. The van der Waals surface area contributed by atoms with E-state index in [1.54, 1.807) is 4.90 Å². The Morgan fingerprint density at radius 3 is 2.59 bits per heavy atom. The van der Waals surface area contributed by atoms with Gasteiger partial charge in [0.15, 0.2) is 0 Å². The van der Waals surface area contributed by atoms with Crippen molar-refractivity contribution in [2.45, 2.75) is 32.2 Å². The normalized spacial score (nSPS) is 14.4. The van der Waals surface area contributed by atoms with Crippen LogP contribution < -0.4 is 16.0 Å². The first kappa shape index (κ1) is 11.8. The minimum absolute atomic E-state index is 0.000813. The van der Waals surface area contributed by atoms with Gasteiger partial charge in [-0.2, -0.15) is 0 Å². The Balaban J connectivity index is 2.09. The summed E-state index contributed by atoms with van der Waals surface area (Å²) in [5.41, 5.74) is 7.27. The number of amides is 2. The van der Waals surface area contributed by atoms with Crippen molar-refractivity contribution in [3.63, 3.8) is 0 Å². The molecular formula is C13H19N3O. The van der Waals surface area contributed by atoms with E-state index in [0.29, 0.717) is 11.7 Å². The molecule has 2 rings (SSSR count). The minimum atomic E-state index is -0.000813. The summed E-state index contributed by atoms with van der Waals surface area (Å²) in [5.74, 6) is 0. The lowest BCUT2D eigenvalue weighted by Gasteiger charge is -2.22. The van der Waals surface area contributed by atoms with E-state index in [1.165, 1.54) is 0 Å². The number of hydrogen-bond acceptors (Lipinski definition) is 2. The fraction of sp³-hybridized carbons (Fsp3) is 0.462. The molecule has 0 atom stereocenters. The summed E-state index contributed by atoms with van der Waals surface area (Å²) in [6.45, 7) is 2.79. The first-order chi connectivity index (χ1) is 8.20. The van der Waals surface area contributed by atoms with Crippen LogP contribution in [0.1, 0.15) is 26.2 Å². The smallest absolute Gasteiger partial charge is 0.322 e. The van der Waals surface area contributed by atoms with Crippen molar-refractivity contribution in [2.75, 3.05) is 17.2 Å². The molecule has 0 aliphatic heterocycles. The number of nitrogens with two attached hydrogens (primary N) is 1. The second-order valence-corrected chi connectivity index (χ2v) is 4.47. The van der Waals surface area contributed by atoms with Gasteiger partial charge in [-0.1, -0.05) is 6.92 Å². The van der Waals surface area contributed by atoms with Gasteiger partial charge in [-0.05, 0) is 43.5 Å². The predicted molar refractivity (Wildman–Crippen MR) is 70.0 cm³/mol. The molecule has 0 radical (unpaired) electrons. The minimum Gasteiger partial charge on any atom is -0.399 e. The Morgan fingerprint density at radius 1 is 1.41 bits per heavy atom. The molecule has 0 spiro atoms. The number of hydrogen-bond donors (Lipinski definition) is 2. The number of anilines is 2. The van der Waals surface area contributed by atoms with Crippen LogP contribution in [0.25, 0.3) is 0 Å². The van der Waals surface area contributed by atoms with Gasteiger partial charge in [-0.25, -0.2) is 4.79 Å². The standard InChI is InChI=1S/C13H19N3O/c1-2-9-16(13(17)15-11-5-6-11)12-7-3-10(14)4-8-12/h3-4,7-8,11H,2,5-6,9,14H2,1H3,(H,15,17). The van der Waals surface area contributed by atoms with Crippen molar-refractivity contribution in [2.24, 2.45) is 0 Å². The Bertz CT molecular complexity index is 384. The first-order valence-corrected chi connectivity index (χ1v) is 6.14. The number of nitrogen functional groups attached to an aromatic ring is 1. The number of carbonyl (C=O) groups excluding carboxylic acids is 1. The van der Waals surface area contributed by atoms with Crippen molar-refractivity contribution in [1.29, 1.82) is 0 Å². The maximum absolute atomic E-state index is 12.1. The van der Waals surface area contributed by atoms with Gasteiger partial charge < -0.3 is 11.1 Å². The van der Waals surface area contributed by atoms with Gasteiger partial charge in [0.2, 0.25) is 0 Å². The molecule has 17 heavy (non-hydrogen) atoms. The molecular weight excluding hydrogens is 214 g/mol. The van der Waals surface area contributed by atoms with Gasteiger partial charge in [0, 0.05) is 24.0 Å². The van der Waals surface area contributed by atoms with Crippen LogP contribution in [-0.2, 0) is 0 Å². The Kier molecular flexibility index (Phi) is 3.52. The zero-order chi connectivity index (χ0) is 12.3. The Hall–Kier alpha value is -1.71. The summed E-state index contributed by atoms with van der Waals surface area (Å²) in [6.07, 6.45) is 3.14. The number of rotatable bonds is 4. The molecule has 1 saturated carbocycles.